The van der Waals surface area contributed by atoms with Gasteiger partial charge in [0, 0.05) is 5.41 Å². The third kappa shape index (κ3) is 2.06. The van der Waals surface area contributed by atoms with Crippen molar-refractivity contribution in [3.8, 4) is 0 Å². The Kier molecular flexibility index (Phi) is 3.20. The van der Waals surface area contributed by atoms with E-state index in [2.05, 4.69) is 67.5 Å². The lowest BCUT2D eigenvalue weighted by Gasteiger charge is -2.32. The zero-order valence-electron chi connectivity index (χ0n) is 13.9. The molecular formula is C19H28. The average molecular weight is 256 g/mol. The molecule has 0 aliphatic heterocycles. The molecule has 0 aromatic carbocycles. The fraction of sp³-hybridized carbons (Fsp3) is 0.579. The van der Waals surface area contributed by atoms with E-state index in [4.69, 9.17) is 0 Å². The van der Waals surface area contributed by atoms with E-state index >= 15 is 0 Å². The van der Waals surface area contributed by atoms with E-state index in [0.29, 0.717) is 0 Å². The van der Waals surface area contributed by atoms with Crippen molar-refractivity contribution in [1.82, 2.24) is 0 Å². The van der Waals surface area contributed by atoms with Crippen molar-refractivity contribution in [1.29, 1.82) is 0 Å². The van der Waals surface area contributed by atoms with E-state index < -0.39 is 0 Å². The summed E-state index contributed by atoms with van der Waals surface area (Å²) in [4.78, 5) is 0. The van der Waals surface area contributed by atoms with Crippen LogP contribution >= 0.6 is 0 Å². The topological polar surface area (TPSA) is 0 Å². The van der Waals surface area contributed by atoms with Gasteiger partial charge in [0.15, 0.2) is 0 Å². The Morgan fingerprint density at radius 1 is 0.947 bits per heavy atom. The number of hydrogen-bond donors (Lipinski definition) is 0. The normalized spacial score (nSPS) is 23.2. The molecule has 0 aromatic heterocycles. The molecule has 19 heavy (non-hydrogen) atoms. The third-order valence-corrected chi connectivity index (χ3v) is 5.07. The highest BCUT2D eigenvalue weighted by Crippen LogP contribution is 2.53. The average Bonchev–Trinajstić information content (AvgIpc) is 2.79. The molecule has 0 spiro atoms. The molecule has 2 aliphatic carbocycles. The van der Waals surface area contributed by atoms with E-state index in [9.17, 15) is 0 Å². The second-order valence-electron chi connectivity index (χ2n) is 7.60. The molecule has 104 valence electrons. The van der Waals surface area contributed by atoms with E-state index in [1.165, 1.54) is 27.9 Å². The van der Waals surface area contributed by atoms with Crippen LogP contribution in [0.1, 0.15) is 61.8 Å². The Balaban J connectivity index is 2.54. The minimum atomic E-state index is 0.175. The lowest BCUT2D eigenvalue weighted by molar-refractivity contribution is 0.499. The molecule has 0 unspecified atom stereocenters. The molecule has 2 aliphatic rings. The van der Waals surface area contributed by atoms with Crippen LogP contribution in [-0.2, 0) is 0 Å². The van der Waals surface area contributed by atoms with Crippen LogP contribution in [0.25, 0.3) is 0 Å². The second-order valence-corrected chi connectivity index (χ2v) is 7.60. The van der Waals surface area contributed by atoms with Crippen LogP contribution < -0.4 is 0 Å². The molecule has 2 rings (SSSR count). The SMILES string of the molecule is CC1=C(C)C(C)(C)C(C2=CCC=C2C(C)(C)C)=C1C. The molecule has 0 heteroatoms. The minimum Gasteiger partial charge on any atom is -0.0764 e. The van der Waals surface area contributed by atoms with Gasteiger partial charge in [0.2, 0.25) is 0 Å². The lowest BCUT2D eigenvalue weighted by atomic mass is 9.72. The van der Waals surface area contributed by atoms with Gasteiger partial charge in [-0.15, -0.1) is 0 Å². The van der Waals surface area contributed by atoms with Gasteiger partial charge in [-0.2, -0.15) is 0 Å². The fourth-order valence-electron chi connectivity index (χ4n) is 3.59. The Morgan fingerprint density at radius 3 is 1.95 bits per heavy atom. The quantitative estimate of drug-likeness (QED) is 0.541. The second kappa shape index (κ2) is 4.23. The fourth-order valence-corrected chi connectivity index (χ4v) is 3.59. The van der Waals surface area contributed by atoms with E-state index in [-0.39, 0.29) is 10.8 Å². The summed E-state index contributed by atoms with van der Waals surface area (Å²) in [5.74, 6) is 0. The van der Waals surface area contributed by atoms with E-state index in [0.717, 1.165) is 6.42 Å². The van der Waals surface area contributed by atoms with Gasteiger partial charge >= 0.3 is 0 Å². The first-order valence-electron chi connectivity index (χ1n) is 7.39. The Bertz CT molecular complexity index is 537. The number of rotatable bonds is 1. The maximum Gasteiger partial charge on any atom is 0.0117 e. The Labute approximate surface area is 119 Å². The Hall–Kier alpha value is -1.04. The van der Waals surface area contributed by atoms with Crippen LogP contribution in [0, 0.1) is 10.8 Å². The van der Waals surface area contributed by atoms with Crippen molar-refractivity contribution in [2.75, 3.05) is 0 Å². The minimum absolute atomic E-state index is 0.175. The number of hydrogen-bond acceptors (Lipinski definition) is 0. The molecule has 0 fully saturated rings. The maximum absolute atomic E-state index is 2.42. The molecule has 0 atom stereocenters. The van der Waals surface area contributed by atoms with Crippen molar-refractivity contribution >= 4 is 0 Å². The highest BCUT2D eigenvalue weighted by Gasteiger charge is 2.39. The molecule has 0 heterocycles. The summed E-state index contributed by atoms with van der Waals surface area (Å²) < 4.78 is 0. The van der Waals surface area contributed by atoms with Crippen LogP contribution in [0.3, 0.4) is 0 Å². The smallest absolute Gasteiger partial charge is 0.0117 e. The molecule has 0 saturated carbocycles. The van der Waals surface area contributed by atoms with Crippen LogP contribution in [0.2, 0.25) is 0 Å². The molecular weight excluding hydrogens is 228 g/mol. The van der Waals surface area contributed by atoms with Crippen molar-refractivity contribution in [3.05, 3.63) is 45.6 Å². The maximum atomic E-state index is 2.42. The summed E-state index contributed by atoms with van der Waals surface area (Å²) in [5, 5.41) is 0. The zero-order chi connectivity index (χ0) is 14.6. The largest absolute Gasteiger partial charge is 0.0764 e. The van der Waals surface area contributed by atoms with Gasteiger partial charge in [-0.1, -0.05) is 52.3 Å². The molecule has 0 N–H and O–H groups in total. The third-order valence-electron chi connectivity index (χ3n) is 5.07. The van der Waals surface area contributed by atoms with Gasteiger partial charge in [-0.25, -0.2) is 0 Å². The van der Waals surface area contributed by atoms with Crippen LogP contribution in [0.5, 0.6) is 0 Å². The Morgan fingerprint density at radius 2 is 1.53 bits per heavy atom. The molecule has 0 saturated heterocycles. The summed E-state index contributed by atoms with van der Waals surface area (Å²) in [6.07, 6.45) is 5.93. The highest BCUT2D eigenvalue weighted by molar-refractivity contribution is 5.64. The first kappa shape index (κ1) is 14.4. The molecule has 0 bridgehead atoms. The summed E-state index contributed by atoms with van der Waals surface area (Å²) in [6, 6.07) is 0. The van der Waals surface area contributed by atoms with Crippen molar-refractivity contribution in [2.45, 2.75) is 61.8 Å². The van der Waals surface area contributed by atoms with Crippen LogP contribution in [0.15, 0.2) is 45.6 Å². The predicted molar refractivity (Wildman–Crippen MR) is 85.1 cm³/mol. The summed E-state index contributed by atoms with van der Waals surface area (Å²) in [5.41, 5.74) is 9.50. The lowest BCUT2D eigenvalue weighted by Crippen LogP contribution is -2.19. The van der Waals surface area contributed by atoms with Crippen LogP contribution in [0.4, 0.5) is 0 Å². The predicted octanol–water partition coefficient (Wildman–Crippen LogP) is 5.98. The molecule has 0 aromatic rings. The van der Waals surface area contributed by atoms with E-state index in [1.807, 2.05) is 0 Å². The van der Waals surface area contributed by atoms with Crippen molar-refractivity contribution in [2.24, 2.45) is 10.8 Å². The first-order valence-corrected chi connectivity index (χ1v) is 7.39. The van der Waals surface area contributed by atoms with Gasteiger partial charge in [0.05, 0.1) is 0 Å². The number of allylic oxidation sites excluding steroid dienone is 8. The van der Waals surface area contributed by atoms with Crippen molar-refractivity contribution < 1.29 is 0 Å². The highest BCUT2D eigenvalue weighted by atomic mass is 14.4. The summed E-state index contributed by atoms with van der Waals surface area (Å²) >= 11 is 0. The van der Waals surface area contributed by atoms with Gasteiger partial charge in [-0.3, -0.25) is 0 Å². The van der Waals surface area contributed by atoms with Gasteiger partial charge in [0.1, 0.15) is 0 Å². The standard InChI is InChI=1S/C19H28/c1-12-13(2)17(19(7,8)14(12)3)15-10-9-11-16(15)18(4,5)6/h10-11H,9H2,1-8H3. The van der Waals surface area contributed by atoms with E-state index in [1.54, 1.807) is 5.57 Å². The zero-order valence-corrected chi connectivity index (χ0v) is 13.9. The van der Waals surface area contributed by atoms with Gasteiger partial charge < -0.3 is 0 Å². The summed E-state index contributed by atoms with van der Waals surface area (Å²) in [6.45, 7) is 18.6. The van der Waals surface area contributed by atoms with Crippen molar-refractivity contribution in [3.63, 3.8) is 0 Å². The van der Waals surface area contributed by atoms with Crippen LogP contribution in [-0.4, -0.2) is 0 Å². The van der Waals surface area contributed by atoms with Gasteiger partial charge in [0.25, 0.3) is 0 Å². The molecule has 0 radical (unpaired) electrons. The molecule has 0 nitrogen and oxygen atoms in total. The van der Waals surface area contributed by atoms with Gasteiger partial charge in [-0.05, 0) is 60.5 Å². The summed E-state index contributed by atoms with van der Waals surface area (Å²) in [7, 11) is 0. The molecule has 0 amide bonds. The monoisotopic (exact) mass is 256 g/mol. The first-order chi connectivity index (χ1) is 8.58.